The molecule has 196 valence electrons. The average molecular weight is 582 g/mol. The third-order valence-corrected chi connectivity index (χ3v) is 7.63. The van der Waals surface area contributed by atoms with Gasteiger partial charge >= 0.3 is 0 Å². The summed E-state index contributed by atoms with van der Waals surface area (Å²) >= 11 is 20.3. The molecule has 0 spiro atoms. The molecule has 3 aromatic rings. The molecule has 0 fully saturated rings. The molecule has 0 aliphatic rings. The molecule has 4 nitrogen and oxygen atoms in total. The molecule has 0 bridgehead atoms. The molecule has 0 radical (unpaired) electrons. The highest BCUT2D eigenvalue weighted by Crippen LogP contribution is 2.29. The Morgan fingerprint density at radius 2 is 1.49 bits per heavy atom. The Bertz CT molecular complexity index is 1190. The number of thioether (sulfide) groups is 1. The summed E-state index contributed by atoms with van der Waals surface area (Å²) in [5, 5.41) is 4.04. The van der Waals surface area contributed by atoms with E-state index in [2.05, 4.69) is 5.32 Å². The minimum Gasteiger partial charge on any atom is -0.352 e. The summed E-state index contributed by atoms with van der Waals surface area (Å²) in [4.78, 5) is 28.6. The molecule has 0 aromatic heterocycles. The number of benzene rings is 3. The zero-order chi connectivity index (χ0) is 26.9. The lowest BCUT2D eigenvalue weighted by Gasteiger charge is -2.32. The number of carbonyl (C=O) groups is 2. The van der Waals surface area contributed by atoms with Crippen LogP contribution in [0.3, 0.4) is 0 Å². The van der Waals surface area contributed by atoms with E-state index in [-0.39, 0.29) is 35.9 Å². The van der Waals surface area contributed by atoms with E-state index in [1.54, 1.807) is 24.3 Å². The maximum absolute atomic E-state index is 14.2. The van der Waals surface area contributed by atoms with Crippen LogP contribution < -0.4 is 5.32 Å². The third kappa shape index (κ3) is 8.37. The van der Waals surface area contributed by atoms with Crippen LogP contribution in [0, 0.1) is 5.82 Å². The minimum atomic E-state index is -0.817. The molecule has 9 heteroatoms. The highest BCUT2D eigenvalue weighted by molar-refractivity contribution is 7.99. The standard InChI is InChI=1S/C28H28Cl3FN2O2S/c1-18(2)33-28(36)26(14-19-8-4-3-5-9-19)34(15-20-22(29)10-6-11-23(20)30)27(35)17-37-16-21-24(31)12-7-13-25(21)32/h3-13,18,26H,14-17H2,1-2H3,(H,33,36)/t26-/m0/s1. The first-order valence-corrected chi connectivity index (χ1v) is 14.0. The Hall–Kier alpha value is -2.25. The van der Waals surface area contributed by atoms with Gasteiger partial charge in [-0.15, -0.1) is 11.8 Å². The SMILES string of the molecule is CC(C)NC(=O)[C@H](Cc1ccccc1)N(Cc1c(Cl)cccc1Cl)C(=O)CSCc1c(F)cccc1Cl. The molecule has 0 saturated heterocycles. The van der Waals surface area contributed by atoms with Crippen molar-refractivity contribution < 1.29 is 14.0 Å². The predicted octanol–water partition coefficient (Wildman–Crippen LogP) is 7.18. The van der Waals surface area contributed by atoms with Crippen LogP contribution in [0.25, 0.3) is 0 Å². The smallest absolute Gasteiger partial charge is 0.243 e. The van der Waals surface area contributed by atoms with E-state index >= 15 is 0 Å². The first-order chi connectivity index (χ1) is 17.7. The number of nitrogens with one attached hydrogen (secondary N) is 1. The largest absolute Gasteiger partial charge is 0.352 e. The molecule has 3 rings (SSSR count). The van der Waals surface area contributed by atoms with Gasteiger partial charge in [0.2, 0.25) is 11.8 Å². The number of nitrogens with zero attached hydrogens (tertiary/aromatic N) is 1. The minimum absolute atomic E-state index is 0.00693. The fourth-order valence-electron chi connectivity index (χ4n) is 3.78. The van der Waals surface area contributed by atoms with E-state index in [4.69, 9.17) is 34.8 Å². The zero-order valence-electron chi connectivity index (χ0n) is 20.5. The van der Waals surface area contributed by atoms with Crippen molar-refractivity contribution in [2.24, 2.45) is 0 Å². The molecule has 0 aliphatic carbocycles. The van der Waals surface area contributed by atoms with Crippen LogP contribution in [-0.4, -0.2) is 34.6 Å². The van der Waals surface area contributed by atoms with Gasteiger partial charge in [-0.05, 0) is 43.7 Å². The topological polar surface area (TPSA) is 49.4 Å². The van der Waals surface area contributed by atoms with Gasteiger partial charge in [0.15, 0.2) is 0 Å². The van der Waals surface area contributed by atoms with Crippen LogP contribution >= 0.6 is 46.6 Å². The van der Waals surface area contributed by atoms with Gasteiger partial charge in [-0.3, -0.25) is 9.59 Å². The Morgan fingerprint density at radius 3 is 2.08 bits per heavy atom. The molecule has 2 amide bonds. The highest BCUT2D eigenvalue weighted by atomic mass is 35.5. The molecule has 0 saturated carbocycles. The Kier molecular flexibility index (Phi) is 11.1. The van der Waals surface area contributed by atoms with Gasteiger partial charge < -0.3 is 10.2 Å². The highest BCUT2D eigenvalue weighted by Gasteiger charge is 2.31. The van der Waals surface area contributed by atoms with Crippen molar-refractivity contribution in [3.63, 3.8) is 0 Å². The van der Waals surface area contributed by atoms with Gasteiger partial charge in [-0.1, -0.05) is 77.3 Å². The first kappa shape index (κ1) is 29.3. The Morgan fingerprint density at radius 1 is 0.892 bits per heavy atom. The van der Waals surface area contributed by atoms with Crippen LogP contribution in [0.4, 0.5) is 4.39 Å². The molecule has 3 aromatic carbocycles. The van der Waals surface area contributed by atoms with Gasteiger partial charge in [-0.2, -0.15) is 0 Å². The number of hydrogen-bond acceptors (Lipinski definition) is 3. The number of amides is 2. The van der Waals surface area contributed by atoms with Crippen molar-refractivity contribution in [2.75, 3.05) is 5.75 Å². The molecular weight excluding hydrogens is 554 g/mol. The van der Waals surface area contributed by atoms with Crippen LogP contribution in [0.2, 0.25) is 15.1 Å². The van der Waals surface area contributed by atoms with Crippen molar-refractivity contribution >= 4 is 58.4 Å². The fraction of sp³-hybridized carbons (Fsp3) is 0.286. The Labute approximate surface area is 236 Å². The summed E-state index contributed by atoms with van der Waals surface area (Å²) in [5.74, 6) is -0.789. The van der Waals surface area contributed by atoms with Crippen LogP contribution in [0.15, 0.2) is 66.7 Å². The number of rotatable bonds is 11. The Balaban J connectivity index is 1.91. The fourth-order valence-corrected chi connectivity index (χ4v) is 5.55. The average Bonchev–Trinajstić information content (AvgIpc) is 2.84. The summed E-state index contributed by atoms with van der Waals surface area (Å²) in [7, 11) is 0. The second kappa shape index (κ2) is 14.1. The summed E-state index contributed by atoms with van der Waals surface area (Å²) in [6.45, 7) is 3.77. The zero-order valence-corrected chi connectivity index (χ0v) is 23.6. The summed E-state index contributed by atoms with van der Waals surface area (Å²) < 4.78 is 14.2. The van der Waals surface area contributed by atoms with Gasteiger partial charge in [0.25, 0.3) is 0 Å². The van der Waals surface area contributed by atoms with E-state index in [9.17, 15) is 14.0 Å². The van der Waals surface area contributed by atoms with E-state index in [0.29, 0.717) is 32.6 Å². The summed E-state index contributed by atoms with van der Waals surface area (Å²) in [6.07, 6.45) is 0.303. The lowest BCUT2D eigenvalue weighted by molar-refractivity contribution is -0.139. The molecule has 0 heterocycles. The number of carbonyl (C=O) groups excluding carboxylic acids is 2. The van der Waals surface area contributed by atoms with Crippen LogP contribution in [-0.2, 0) is 28.3 Å². The van der Waals surface area contributed by atoms with Crippen LogP contribution in [0.1, 0.15) is 30.5 Å². The molecular formula is C28H28Cl3FN2O2S. The molecule has 37 heavy (non-hydrogen) atoms. The van der Waals surface area contributed by atoms with Crippen molar-refractivity contribution in [1.82, 2.24) is 10.2 Å². The normalized spacial score (nSPS) is 11.9. The molecule has 1 atom stereocenters. The maximum Gasteiger partial charge on any atom is 0.243 e. The van der Waals surface area contributed by atoms with E-state index in [1.165, 1.54) is 28.8 Å². The molecule has 0 aliphatic heterocycles. The van der Waals surface area contributed by atoms with E-state index < -0.39 is 11.9 Å². The quantitative estimate of drug-likeness (QED) is 0.261. The summed E-state index contributed by atoms with van der Waals surface area (Å²) in [6, 6.07) is 18.1. The van der Waals surface area contributed by atoms with Crippen LogP contribution in [0.5, 0.6) is 0 Å². The number of halogens is 4. The molecule has 1 N–H and O–H groups in total. The number of hydrogen-bond donors (Lipinski definition) is 1. The maximum atomic E-state index is 14.2. The lowest BCUT2D eigenvalue weighted by atomic mass is 10.0. The lowest BCUT2D eigenvalue weighted by Crippen LogP contribution is -2.52. The van der Waals surface area contributed by atoms with Gasteiger partial charge in [0.05, 0.1) is 5.75 Å². The van der Waals surface area contributed by atoms with Gasteiger partial charge in [0, 0.05) is 51.0 Å². The van der Waals surface area contributed by atoms with Crippen molar-refractivity contribution in [3.05, 3.63) is 104 Å². The van der Waals surface area contributed by atoms with Gasteiger partial charge in [0.1, 0.15) is 11.9 Å². The summed E-state index contributed by atoms with van der Waals surface area (Å²) in [5.41, 5.74) is 1.79. The monoisotopic (exact) mass is 580 g/mol. The van der Waals surface area contributed by atoms with Crippen molar-refractivity contribution in [3.8, 4) is 0 Å². The molecule has 0 unspecified atom stereocenters. The third-order valence-electron chi connectivity index (χ3n) is 5.63. The second-order valence-electron chi connectivity index (χ2n) is 8.78. The first-order valence-electron chi connectivity index (χ1n) is 11.7. The van der Waals surface area contributed by atoms with E-state index in [1.807, 2.05) is 44.2 Å². The predicted molar refractivity (Wildman–Crippen MR) is 152 cm³/mol. The van der Waals surface area contributed by atoms with Crippen molar-refractivity contribution in [1.29, 1.82) is 0 Å². The van der Waals surface area contributed by atoms with Gasteiger partial charge in [-0.25, -0.2) is 4.39 Å². The second-order valence-corrected chi connectivity index (χ2v) is 11.0. The van der Waals surface area contributed by atoms with Crippen molar-refractivity contribution in [2.45, 2.75) is 44.6 Å². The van der Waals surface area contributed by atoms with E-state index in [0.717, 1.165) is 5.56 Å².